The third kappa shape index (κ3) is 4.30. The fraction of sp³-hybridized carbons (Fsp3) is 0.278. The average Bonchev–Trinajstić information content (AvgIpc) is 3.13. The summed E-state index contributed by atoms with van der Waals surface area (Å²) < 4.78 is 23.3. The number of carbonyl (C=O) groups is 1. The van der Waals surface area contributed by atoms with E-state index >= 15 is 0 Å². The van der Waals surface area contributed by atoms with Crippen LogP contribution >= 0.6 is 11.8 Å². The quantitative estimate of drug-likeness (QED) is 0.807. The number of rotatable bonds is 4. The highest BCUT2D eigenvalue weighted by Gasteiger charge is 2.42. The van der Waals surface area contributed by atoms with Gasteiger partial charge in [0.05, 0.1) is 17.5 Å². The van der Waals surface area contributed by atoms with Crippen molar-refractivity contribution in [3.8, 4) is 0 Å². The van der Waals surface area contributed by atoms with E-state index < -0.39 is 9.84 Å². The number of thioether (sulfide) groups is 1. The number of nitrogens with zero attached hydrogens (tertiary/aromatic N) is 2. The number of amides is 1. The molecule has 0 bridgehead atoms. The molecule has 0 spiro atoms. The summed E-state index contributed by atoms with van der Waals surface area (Å²) in [6.45, 7) is 0.407. The molecular weight excluding hydrogens is 384 g/mol. The summed E-state index contributed by atoms with van der Waals surface area (Å²) >= 11 is 1.45. The van der Waals surface area contributed by atoms with Crippen LogP contribution in [0.1, 0.15) is 15.9 Å². The molecule has 0 radical (unpaired) electrons. The lowest BCUT2D eigenvalue weighted by Gasteiger charge is -2.09. The second-order valence-corrected chi connectivity index (χ2v) is 9.87. The summed E-state index contributed by atoms with van der Waals surface area (Å²) in [6.07, 6.45) is 3.40. The Kier molecular flexibility index (Phi) is 4.88. The monoisotopic (exact) mass is 402 g/mol. The fourth-order valence-electron chi connectivity index (χ4n) is 3.06. The van der Waals surface area contributed by atoms with Crippen LogP contribution in [-0.4, -0.2) is 47.3 Å². The van der Waals surface area contributed by atoms with Crippen LogP contribution in [-0.2, 0) is 16.4 Å². The van der Waals surface area contributed by atoms with Gasteiger partial charge in [-0.3, -0.25) is 14.8 Å². The molecule has 0 saturated carbocycles. The van der Waals surface area contributed by atoms with Gasteiger partial charge in [-0.1, -0.05) is 23.9 Å². The highest BCUT2D eigenvalue weighted by atomic mass is 32.2. The maximum absolute atomic E-state index is 12.4. The number of aromatic nitrogens is 1. The van der Waals surface area contributed by atoms with Crippen molar-refractivity contribution in [1.82, 2.24) is 10.3 Å². The van der Waals surface area contributed by atoms with Gasteiger partial charge in [0, 0.05) is 35.4 Å². The first-order valence-corrected chi connectivity index (χ1v) is 11.2. The van der Waals surface area contributed by atoms with Crippen LogP contribution in [0.2, 0.25) is 0 Å². The Morgan fingerprint density at radius 2 is 2.11 bits per heavy atom. The maximum Gasteiger partial charge on any atom is 0.251 e. The van der Waals surface area contributed by atoms with Crippen molar-refractivity contribution in [1.29, 1.82) is 0 Å². The van der Waals surface area contributed by atoms with Crippen molar-refractivity contribution in [3.63, 3.8) is 0 Å². The normalized spacial score (nSPS) is 22.7. The molecule has 2 aromatic rings. The molecule has 140 valence electrons. The Balaban J connectivity index is 1.39. The molecule has 1 fully saturated rings. The number of sulfone groups is 1. The molecule has 0 unspecified atom stereocenters. The number of pyridine rings is 1. The van der Waals surface area contributed by atoms with E-state index in [0.29, 0.717) is 17.3 Å². The van der Waals surface area contributed by atoms with Crippen LogP contribution in [0, 0.1) is 0 Å². The molecular formula is C18H18N4O3S2. The Hall–Kier alpha value is -2.39. The lowest BCUT2D eigenvalue weighted by atomic mass is 10.2. The molecule has 2 aliphatic rings. The van der Waals surface area contributed by atoms with Crippen molar-refractivity contribution in [2.75, 3.05) is 16.8 Å². The molecule has 1 aromatic heterocycles. The van der Waals surface area contributed by atoms with Gasteiger partial charge in [0.1, 0.15) is 0 Å². The highest BCUT2D eigenvalue weighted by Crippen LogP contribution is 2.34. The van der Waals surface area contributed by atoms with Gasteiger partial charge < -0.3 is 10.6 Å². The minimum absolute atomic E-state index is 0.0107. The SMILES string of the molecule is O=C(NCc1cccnc1)c1cccc(NC2=N[C@@H]3CS(=O)(=O)C[C@@H]3S2)c1. The molecule has 3 heterocycles. The van der Waals surface area contributed by atoms with Crippen molar-refractivity contribution in [2.45, 2.75) is 17.8 Å². The van der Waals surface area contributed by atoms with Gasteiger partial charge in [0.15, 0.2) is 15.0 Å². The second-order valence-electron chi connectivity index (χ2n) is 6.48. The molecule has 1 amide bonds. The van der Waals surface area contributed by atoms with Crippen LogP contribution in [0.4, 0.5) is 5.69 Å². The van der Waals surface area contributed by atoms with Gasteiger partial charge >= 0.3 is 0 Å². The van der Waals surface area contributed by atoms with Gasteiger partial charge in [-0.15, -0.1) is 0 Å². The molecule has 0 aliphatic carbocycles. The first-order valence-electron chi connectivity index (χ1n) is 8.48. The molecule has 27 heavy (non-hydrogen) atoms. The van der Waals surface area contributed by atoms with Crippen molar-refractivity contribution in [3.05, 3.63) is 59.9 Å². The van der Waals surface area contributed by atoms with E-state index in [9.17, 15) is 13.2 Å². The Morgan fingerprint density at radius 1 is 1.22 bits per heavy atom. The van der Waals surface area contributed by atoms with E-state index in [2.05, 4.69) is 20.6 Å². The van der Waals surface area contributed by atoms with Crippen LogP contribution in [0.5, 0.6) is 0 Å². The molecule has 2 atom stereocenters. The number of benzene rings is 1. The summed E-state index contributed by atoms with van der Waals surface area (Å²) in [5.74, 6) is 0.118. The molecule has 4 rings (SSSR count). The van der Waals surface area contributed by atoms with E-state index in [4.69, 9.17) is 0 Å². The van der Waals surface area contributed by atoms with Crippen LogP contribution in [0.15, 0.2) is 53.8 Å². The first-order chi connectivity index (χ1) is 13.0. The maximum atomic E-state index is 12.4. The number of hydrogen-bond acceptors (Lipinski definition) is 7. The van der Waals surface area contributed by atoms with E-state index in [1.807, 2.05) is 18.2 Å². The van der Waals surface area contributed by atoms with Crippen LogP contribution < -0.4 is 10.6 Å². The lowest BCUT2D eigenvalue weighted by Crippen LogP contribution is -2.23. The summed E-state index contributed by atoms with van der Waals surface area (Å²) in [6, 6.07) is 10.7. The summed E-state index contributed by atoms with van der Waals surface area (Å²) in [4.78, 5) is 20.9. The van der Waals surface area contributed by atoms with E-state index in [1.165, 1.54) is 11.8 Å². The van der Waals surface area contributed by atoms with Crippen LogP contribution in [0.25, 0.3) is 0 Å². The average molecular weight is 403 g/mol. The predicted octanol–water partition coefficient (Wildman–Crippen LogP) is 1.69. The molecule has 1 saturated heterocycles. The van der Waals surface area contributed by atoms with Crippen molar-refractivity contribution < 1.29 is 13.2 Å². The zero-order valence-electron chi connectivity index (χ0n) is 14.3. The van der Waals surface area contributed by atoms with Gasteiger partial charge in [-0.25, -0.2) is 8.42 Å². The minimum Gasteiger partial charge on any atom is -0.348 e. The number of aliphatic imine (C=N–C) groups is 1. The fourth-order valence-corrected chi connectivity index (χ4v) is 6.74. The molecule has 7 nitrogen and oxygen atoms in total. The first kappa shape index (κ1) is 18.0. The number of fused-ring (bicyclic) bond motifs is 1. The van der Waals surface area contributed by atoms with E-state index in [1.54, 1.807) is 30.6 Å². The number of amidine groups is 1. The number of carbonyl (C=O) groups excluding carboxylic acids is 1. The number of anilines is 1. The number of nitrogens with one attached hydrogen (secondary N) is 2. The minimum atomic E-state index is -2.96. The number of hydrogen-bond donors (Lipinski definition) is 2. The topological polar surface area (TPSA) is 101 Å². The van der Waals surface area contributed by atoms with Gasteiger partial charge in [-0.2, -0.15) is 0 Å². The van der Waals surface area contributed by atoms with E-state index in [-0.39, 0.29) is 28.7 Å². The van der Waals surface area contributed by atoms with Crippen molar-refractivity contribution >= 4 is 38.4 Å². The van der Waals surface area contributed by atoms with Gasteiger partial charge in [0.25, 0.3) is 5.91 Å². The standard InChI is InChI=1S/C18H18N4O3S2/c23-17(20-9-12-3-2-6-19-8-12)13-4-1-5-14(7-13)21-18-22-15-10-27(24,25)11-16(15)26-18/h1-8,15-16H,9-11H2,(H,20,23)(H,21,22)/t15-,16+/m1/s1. The largest absolute Gasteiger partial charge is 0.348 e. The van der Waals surface area contributed by atoms with Crippen LogP contribution in [0.3, 0.4) is 0 Å². The predicted molar refractivity (Wildman–Crippen MR) is 107 cm³/mol. The second kappa shape index (κ2) is 7.32. The highest BCUT2D eigenvalue weighted by molar-refractivity contribution is 8.15. The zero-order valence-corrected chi connectivity index (χ0v) is 16.0. The summed E-state index contributed by atoms with van der Waals surface area (Å²) in [5.41, 5.74) is 2.21. The third-order valence-corrected chi connectivity index (χ3v) is 7.51. The Morgan fingerprint density at radius 3 is 2.89 bits per heavy atom. The van der Waals surface area contributed by atoms with Crippen molar-refractivity contribution in [2.24, 2.45) is 4.99 Å². The molecule has 1 aromatic carbocycles. The lowest BCUT2D eigenvalue weighted by molar-refractivity contribution is 0.0951. The molecule has 2 N–H and O–H groups in total. The van der Waals surface area contributed by atoms with E-state index in [0.717, 1.165) is 11.3 Å². The third-order valence-electron chi connectivity index (χ3n) is 4.37. The smallest absolute Gasteiger partial charge is 0.251 e. The zero-order chi connectivity index (χ0) is 18.9. The molecule has 2 aliphatic heterocycles. The molecule has 9 heteroatoms. The summed E-state index contributed by atoms with van der Waals surface area (Å²) in [5, 5.41) is 6.75. The van der Waals surface area contributed by atoms with Gasteiger partial charge in [-0.05, 0) is 29.8 Å². The summed E-state index contributed by atoms with van der Waals surface area (Å²) in [7, 11) is -2.96. The Bertz CT molecular complexity index is 993. The van der Waals surface area contributed by atoms with Gasteiger partial charge in [0.2, 0.25) is 0 Å². The Labute approximate surface area is 161 Å².